The number of thiophene rings is 1. The van der Waals surface area contributed by atoms with Gasteiger partial charge < -0.3 is 4.90 Å². The molecule has 1 nitrogen and oxygen atoms in total. The number of benzene rings is 10. The molecular formula is C62H41NS. The van der Waals surface area contributed by atoms with Gasteiger partial charge in [-0.3, -0.25) is 0 Å². The highest BCUT2D eigenvalue weighted by Gasteiger charge is 2.51. The zero-order valence-electron chi connectivity index (χ0n) is 35.6. The van der Waals surface area contributed by atoms with E-state index in [1.54, 1.807) is 0 Å². The first-order valence-electron chi connectivity index (χ1n) is 22.4. The van der Waals surface area contributed by atoms with Gasteiger partial charge in [-0.25, -0.2) is 0 Å². The molecule has 0 unspecified atom stereocenters. The Hall–Kier alpha value is -7.52. The van der Waals surface area contributed by atoms with Crippen molar-refractivity contribution in [1.82, 2.24) is 0 Å². The van der Waals surface area contributed by atoms with Gasteiger partial charge in [-0.2, -0.15) is 0 Å². The third kappa shape index (κ3) is 4.63. The molecule has 300 valence electrons. The van der Waals surface area contributed by atoms with Crippen LogP contribution in [0.4, 0.5) is 17.1 Å². The zero-order valence-corrected chi connectivity index (χ0v) is 36.4. The summed E-state index contributed by atoms with van der Waals surface area (Å²) >= 11 is 1.93. The van der Waals surface area contributed by atoms with Crippen molar-refractivity contribution < 1.29 is 0 Å². The lowest BCUT2D eigenvalue weighted by molar-refractivity contribution is 0.660. The molecule has 0 saturated carbocycles. The first-order valence-corrected chi connectivity index (χ1v) is 23.2. The van der Waals surface area contributed by atoms with Crippen LogP contribution in [0.5, 0.6) is 0 Å². The summed E-state index contributed by atoms with van der Waals surface area (Å²) in [6.45, 7) is 4.78. The lowest BCUT2D eigenvalue weighted by atomic mass is 9.70. The summed E-state index contributed by atoms with van der Waals surface area (Å²) in [5.41, 5.74) is 21.4. The van der Waals surface area contributed by atoms with E-state index in [9.17, 15) is 0 Å². The van der Waals surface area contributed by atoms with Crippen LogP contribution in [0.1, 0.15) is 47.2 Å². The molecule has 64 heavy (non-hydrogen) atoms. The Balaban J connectivity index is 1.09. The van der Waals surface area contributed by atoms with Crippen LogP contribution in [0.15, 0.2) is 212 Å². The zero-order chi connectivity index (χ0) is 42.3. The second-order valence-corrected chi connectivity index (χ2v) is 19.3. The minimum atomic E-state index is -0.456. The van der Waals surface area contributed by atoms with E-state index in [4.69, 9.17) is 0 Å². The summed E-state index contributed by atoms with van der Waals surface area (Å²) in [6, 6.07) is 80.2. The lowest BCUT2D eigenvalue weighted by Gasteiger charge is -2.33. The Labute approximate surface area is 377 Å². The Bertz CT molecular complexity index is 3710. The average Bonchev–Trinajstić information content (AvgIpc) is 4.05. The van der Waals surface area contributed by atoms with E-state index in [2.05, 4.69) is 231 Å². The summed E-state index contributed by atoms with van der Waals surface area (Å²) in [6.07, 6.45) is 0. The van der Waals surface area contributed by atoms with Crippen LogP contribution in [-0.2, 0) is 10.8 Å². The van der Waals surface area contributed by atoms with Gasteiger partial charge in [0.1, 0.15) is 0 Å². The second kappa shape index (κ2) is 13.0. The van der Waals surface area contributed by atoms with Gasteiger partial charge in [-0.15, -0.1) is 11.3 Å². The van der Waals surface area contributed by atoms with Crippen molar-refractivity contribution >= 4 is 59.3 Å². The van der Waals surface area contributed by atoms with E-state index in [1.165, 1.54) is 115 Å². The molecule has 1 spiro atoms. The van der Waals surface area contributed by atoms with Gasteiger partial charge in [0.15, 0.2) is 0 Å². The van der Waals surface area contributed by atoms with Crippen LogP contribution in [0.3, 0.4) is 0 Å². The van der Waals surface area contributed by atoms with Crippen molar-refractivity contribution in [2.24, 2.45) is 0 Å². The number of hydrogen-bond acceptors (Lipinski definition) is 2. The maximum Gasteiger partial charge on any atom is 0.0726 e. The fourth-order valence-electron chi connectivity index (χ4n) is 12.1. The summed E-state index contributed by atoms with van der Waals surface area (Å²) in [4.78, 5) is 2.58. The van der Waals surface area contributed by atoms with Gasteiger partial charge >= 0.3 is 0 Å². The van der Waals surface area contributed by atoms with Gasteiger partial charge in [0, 0.05) is 37.0 Å². The van der Waals surface area contributed by atoms with E-state index < -0.39 is 5.41 Å². The standard InChI is InChI=1S/C62H41NS/c1-61(2)51-24-12-8-20-44(51)48-32-29-40(36-55(48)61)63(57-35-34-43(38-16-4-3-5-17-38)60-58(57)50-31-28-39-18-6-7-19-42(39)59(50)64-60)41-30-33-49-47-23-11-15-27-54(47)62(56(49)37-41)52-25-13-9-21-45(52)46-22-10-14-26-53(46)62/h3-37H,1-2H3. The third-order valence-electron chi connectivity index (χ3n) is 14.9. The monoisotopic (exact) mass is 831 g/mol. The van der Waals surface area contributed by atoms with E-state index in [-0.39, 0.29) is 5.41 Å². The molecule has 0 fully saturated rings. The molecule has 2 heteroatoms. The first kappa shape index (κ1) is 36.0. The number of nitrogens with zero attached hydrogens (tertiary/aromatic N) is 1. The molecule has 11 aromatic rings. The summed E-state index contributed by atoms with van der Waals surface area (Å²) in [7, 11) is 0. The molecule has 10 aromatic carbocycles. The lowest BCUT2D eigenvalue weighted by Crippen LogP contribution is -2.26. The van der Waals surface area contributed by atoms with Gasteiger partial charge in [0.25, 0.3) is 0 Å². The molecule has 0 atom stereocenters. The molecular weight excluding hydrogens is 791 g/mol. The molecule has 0 saturated heterocycles. The van der Waals surface area contributed by atoms with Crippen LogP contribution < -0.4 is 4.90 Å². The summed E-state index contributed by atoms with van der Waals surface area (Å²) in [5.74, 6) is 0. The van der Waals surface area contributed by atoms with Crippen LogP contribution in [-0.4, -0.2) is 0 Å². The minimum Gasteiger partial charge on any atom is -0.310 e. The van der Waals surface area contributed by atoms with E-state index >= 15 is 0 Å². The first-order chi connectivity index (χ1) is 31.5. The minimum absolute atomic E-state index is 0.158. The van der Waals surface area contributed by atoms with Crippen molar-refractivity contribution in [3.8, 4) is 44.5 Å². The Morgan fingerprint density at radius 2 is 0.859 bits per heavy atom. The van der Waals surface area contributed by atoms with E-state index in [0.29, 0.717) is 0 Å². The van der Waals surface area contributed by atoms with Crippen molar-refractivity contribution in [3.05, 3.63) is 246 Å². The number of fused-ring (bicyclic) bond motifs is 18. The Kier molecular flexibility index (Phi) is 7.32. The van der Waals surface area contributed by atoms with Gasteiger partial charge in [0.05, 0.1) is 11.1 Å². The fraction of sp³-hybridized carbons (Fsp3) is 0.0645. The molecule has 0 amide bonds. The largest absolute Gasteiger partial charge is 0.310 e. The summed E-state index contributed by atoms with van der Waals surface area (Å²) in [5, 5.41) is 5.13. The highest BCUT2D eigenvalue weighted by Crippen LogP contribution is 2.64. The molecule has 0 N–H and O–H groups in total. The molecule has 14 rings (SSSR count). The SMILES string of the molecule is CC1(C)c2ccccc2-c2ccc(N(c3ccc4c(c3)C3(c5ccccc5-c5ccccc53)c3ccccc3-4)c3ccc(-c4ccccc4)c4sc5c6ccccc6ccc5c34)cc21. The average molecular weight is 832 g/mol. The molecule has 3 aliphatic carbocycles. The number of anilines is 3. The van der Waals surface area contributed by atoms with Crippen LogP contribution in [0, 0.1) is 0 Å². The smallest absolute Gasteiger partial charge is 0.0726 e. The second-order valence-electron chi connectivity index (χ2n) is 18.3. The molecule has 0 radical (unpaired) electrons. The maximum atomic E-state index is 2.58. The van der Waals surface area contributed by atoms with Crippen molar-refractivity contribution in [1.29, 1.82) is 0 Å². The quantitative estimate of drug-likeness (QED) is 0.171. The number of hydrogen-bond donors (Lipinski definition) is 0. The fourth-order valence-corrected chi connectivity index (χ4v) is 13.5. The van der Waals surface area contributed by atoms with Crippen molar-refractivity contribution in [2.45, 2.75) is 24.7 Å². The van der Waals surface area contributed by atoms with E-state index in [1.807, 2.05) is 11.3 Å². The predicted molar refractivity (Wildman–Crippen MR) is 271 cm³/mol. The maximum absolute atomic E-state index is 2.58. The topological polar surface area (TPSA) is 3.24 Å². The molecule has 1 heterocycles. The highest BCUT2D eigenvalue weighted by atomic mass is 32.1. The van der Waals surface area contributed by atoms with Crippen molar-refractivity contribution in [3.63, 3.8) is 0 Å². The third-order valence-corrected chi connectivity index (χ3v) is 16.2. The van der Waals surface area contributed by atoms with Crippen molar-refractivity contribution in [2.75, 3.05) is 4.90 Å². The van der Waals surface area contributed by atoms with Crippen LogP contribution in [0.2, 0.25) is 0 Å². The number of rotatable bonds is 4. The van der Waals surface area contributed by atoms with E-state index in [0.717, 1.165) is 11.4 Å². The molecule has 0 bridgehead atoms. The molecule has 1 aromatic heterocycles. The molecule has 3 aliphatic rings. The van der Waals surface area contributed by atoms with Gasteiger partial charge in [-0.05, 0) is 119 Å². The van der Waals surface area contributed by atoms with Crippen LogP contribution >= 0.6 is 11.3 Å². The van der Waals surface area contributed by atoms with Crippen LogP contribution in [0.25, 0.3) is 75.5 Å². The molecule has 0 aliphatic heterocycles. The predicted octanol–water partition coefficient (Wildman–Crippen LogP) is 17.0. The Morgan fingerprint density at radius 1 is 0.359 bits per heavy atom. The van der Waals surface area contributed by atoms with Gasteiger partial charge in [0.2, 0.25) is 0 Å². The van der Waals surface area contributed by atoms with Gasteiger partial charge in [-0.1, -0.05) is 196 Å². The highest BCUT2D eigenvalue weighted by molar-refractivity contribution is 7.27. The normalized spacial score (nSPS) is 14.3. The summed E-state index contributed by atoms with van der Waals surface area (Å²) < 4.78 is 2.63. The Morgan fingerprint density at radius 3 is 1.52 bits per heavy atom.